The first-order valence-corrected chi connectivity index (χ1v) is 7.85. The molecule has 7 heteroatoms. The van der Waals surface area contributed by atoms with Crippen molar-refractivity contribution in [2.75, 3.05) is 11.9 Å². The van der Waals surface area contributed by atoms with E-state index in [0.29, 0.717) is 27.8 Å². The number of carbonyl (C=O) groups is 1. The molecule has 0 atom stereocenters. The van der Waals surface area contributed by atoms with Crippen LogP contribution < -0.4 is 5.32 Å². The summed E-state index contributed by atoms with van der Waals surface area (Å²) >= 11 is 5.80. The Bertz CT molecular complexity index is 1010. The Kier molecular flexibility index (Phi) is 4.59. The largest absolute Gasteiger partial charge is 0.461 e. The molecule has 2 N–H and O–H groups in total. The molecule has 0 saturated heterocycles. The molecule has 0 amide bonds. The van der Waals surface area contributed by atoms with Gasteiger partial charge >= 0.3 is 5.97 Å². The van der Waals surface area contributed by atoms with E-state index in [0.717, 1.165) is 0 Å². The van der Waals surface area contributed by atoms with Crippen molar-refractivity contribution in [3.05, 3.63) is 58.5 Å². The lowest BCUT2D eigenvalue weighted by molar-refractivity contribution is 0.0520. The lowest BCUT2D eigenvalue weighted by atomic mass is 10.1. The van der Waals surface area contributed by atoms with Crippen LogP contribution in [0.3, 0.4) is 0 Å². The third kappa shape index (κ3) is 3.42. The maximum atomic E-state index is 13.3. The van der Waals surface area contributed by atoms with Gasteiger partial charge in [-0.25, -0.2) is 9.18 Å². The third-order valence-electron chi connectivity index (χ3n) is 3.56. The first-order valence-electron chi connectivity index (χ1n) is 7.48. The van der Waals surface area contributed by atoms with E-state index in [4.69, 9.17) is 16.3 Å². The van der Waals surface area contributed by atoms with Crippen LogP contribution in [0.4, 0.5) is 15.8 Å². The van der Waals surface area contributed by atoms with Crippen LogP contribution in [-0.4, -0.2) is 17.6 Å². The minimum atomic E-state index is -0.519. The van der Waals surface area contributed by atoms with Crippen molar-refractivity contribution in [3.63, 3.8) is 0 Å². The molecule has 3 rings (SSSR count). The topological polar surface area (TPSA) is 77.9 Å². The highest BCUT2D eigenvalue weighted by molar-refractivity contribution is 6.31. The zero-order valence-electron chi connectivity index (χ0n) is 13.2. The highest BCUT2D eigenvalue weighted by Gasteiger charge is 2.14. The monoisotopic (exact) mass is 357 g/mol. The molecule has 1 aromatic heterocycles. The number of ether oxygens (including phenoxy) is 1. The highest BCUT2D eigenvalue weighted by atomic mass is 35.5. The molecule has 0 spiro atoms. The molecular weight excluding hydrogens is 345 g/mol. The van der Waals surface area contributed by atoms with Crippen molar-refractivity contribution in [2.24, 2.45) is 0 Å². The maximum Gasteiger partial charge on any atom is 0.354 e. The molecule has 0 aliphatic carbocycles. The molecule has 0 radical (unpaired) electrons. The Labute approximate surface area is 148 Å². The van der Waals surface area contributed by atoms with Crippen molar-refractivity contribution in [2.45, 2.75) is 6.92 Å². The van der Waals surface area contributed by atoms with Crippen molar-refractivity contribution >= 4 is 39.8 Å². The zero-order valence-corrected chi connectivity index (χ0v) is 13.9. The summed E-state index contributed by atoms with van der Waals surface area (Å²) in [5, 5.41) is 13.0. The van der Waals surface area contributed by atoms with Crippen LogP contribution in [0.5, 0.6) is 0 Å². The number of esters is 1. The summed E-state index contributed by atoms with van der Waals surface area (Å²) in [5.41, 5.74) is 2.44. The van der Waals surface area contributed by atoms with E-state index in [1.165, 1.54) is 18.2 Å². The Morgan fingerprint density at radius 2 is 2.16 bits per heavy atom. The number of nitriles is 1. The second-order valence-corrected chi connectivity index (χ2v) is 5.66. The van der Waals surface area contributed by atoms with Gasteiger partial charge in [0, 0.05) is 22.3 Å². The molecule has 0 unspecified atom stereocenters. The lowest BCUT2D eigenvalue weighted by Crippen LogP contribution is -2.04. The quantitative estimate of drug-likeness (QED) is 0.660. The molecule has 1 heterocycles. The number of nitrogens with one attached hydrogen (secondary N) is 2. The Hall–Kier alpha value is -3.04. The van der Waals surface area contributed by atoms with Crippen molar-refractivity contribution in [3.8, 4) is 6.07 Å². The summed E-state index contributed by atoms with van der Waals surface area (Å²) < 4.78 is 18.3. The van der Waals surface area contributed by atoms with Crippen LogP contribution in [-0.2, 0) is 4.74 Å². The predicted molar refractivity (Wildman–Crippen MR) is 93.7 cm³/mol. The Morgan fingerprint density at radius 3 is 2.84 bits per heavy atom. The molecule has 0 aliphatic rings. The summed E-state index contributed by atoms with van der Waals surface area (Å²) in [7, 11) is 0. The summed E-state index contributed by atoms with van der Waals surface area (Å²) in [4.78, 5) is 14.9. The molecule has 2 aromatic carbocycles. The van der Waals surface area contributed by atoms with Gasteiger partial charge in [0.25, 0.3) is 0 Å². The number of aromatic amines is 1. The van der Waals surface area contributed by atoms with E-state index in [-0.39, 0.29) is 17.3 Å². The van der Waals surface area contributed by atoms with E-state index < -0.39 is 11.8 Å². The number of rotatable bonds is 4. The number of hydrogen-bond donors (Lipinski definition) is 2. The summed E-state index contributed by atoms with van der Waals surface area (Å²) in [6, 6.07) is 11.2. The van der Waals surface area contributed by atoms with Gasteiger partial charge in [-0.3, -0.25) is 0 Å². The predicted octanol–water partition coefficient (Wildman–Crippen LogP) is 4.75. The number of benzene rings is 2. The normalized spacial score (nSPS) is 10.5. The molecule has 0 saturated carbocycles. The second kappa shape index (κ2) is 6.83. The van der Waals surface area contributed by atoms with Crippen LogP contribution in [0.1, 0.15) is 23.0 Å². The van der Waals surface area contributed by atoms with Gasteiger partial charge in [0.05, 0.1) is 23.3 Å². The van der Waals surface area contributed by atoms with E-state index in [2.05, 4.69) is 16.4 Å². The van der Waals surface area contributed by atoms with Crippen molar-refractivity contribution < 1.29 is 13.9 Å². The fourth-order valence-corrected chi connectivity index (χ4v) is 2.63. The van der Waals surface area contributed by atoms with Crippen LogP contribution in [0, 0.1) is 17.1 Å². The van der Waals surface area contributed by atoms with Gasteiger partial charge in [-0.2, -0.15) is 5.26 Å². The number of aromatic nitrogens is 1. The number of halogens is 2. The average Bonchev–Trinajstić information content (AvgIpc) is 3.03. The standard InChI is InChI=1S/C18H13ClFN3O2/c1-2-25-18(24)17-8-12-15(5-10(9-21)6-16(12)23-17)22-11-3-4-14(20)13(19)7-11/h3-8,22-23H,2H2,1H3. The summed E-state index contributed by atoms with van der Waals surface area (Å²) in [5.74, 6) is -0.998. The van der Waals surface area contributed by atoms with Gasteiger partial charge in [-0.1, -0.05) is 11.6 Å². The molecular formula is C18H13ClFN3O2. The fraction of sp³-hybridized carbons (Fsp3) is 0.111. The fourth-order valence-electron chi connectivity index (χ4n) is 2.45. The molecule has 0 fully saturated rings. The van der Waals surface area contributed by atoms with E-state index in [1.807, 2.05) is 0 Å². The van der Waals surface area contributed by atoms with E-state index in [9.17, 15) is 14.4 Å². The van der Waals surface area contributed by atoms with Crippen molar-refractivity contribution in [1.82, 2.24) is 4.98 Å². The first-order chi connectivity index (χ1) is 12.0. The molecule has 0 bridgehead atoms. The molecule has 0 aliphatic heterocycles. The Morgan fingerprint density at radius 1 is 1.36 bits per heavy atom. The summed E-state index contributed by atoms with van der Waals surface area (Å²) in [6.45, 7) is 1.98. The average molecular weight is 358 g/mol. The maximum absolute atomic E-state index is 13.3. The number of H-pyrrole nitrogens is 1. The van der Waals surface area contributed by atoms with Crippen molar-refractivity contribution in [1.29, 1.82) is 5.26 Å². The smallest absolute Gasteiger partial charge is 0.354 e. The van der Waals surface area contributed by atoms with E-state index >= 15 is 0 Å². The number of fused-ring (bicyclic) bond motifs is 1. The van der Waals surface area contributed by atoms with E-state index in [1.54, 1.807) is 25.1 Å². The molecule has 3 aromatic rings. The number of anilines is 2. The number of nitrogens with zero attached hydrogens (tertiary/aromatic N) is 1. The van der Waals surface area contributed by atoms with Crippen LogP contribution in [0.15, 0.2) is 36.4 Å². The van der Waals surface area contributed by atoms with Crippen LogP contribution in [0.2, 0.25) is 5.02 Å². The SMILES string of the molecule is CCOC(=O)c1cc2c(Nc3ccc(F)c(Cl)c3)cc(C#N)cc2[nH]1. The van der Waals surface area contributed by atoms with Gasteiger partial charge in [0.1, 0.15) is 11.5 Å². The highest BCUT2D eigenvalue weighted by Crippen LogP contribution is 2.30. The van der Waals surface area contributed by atoms with Crippen LogP contribution >= 0.6 is 11.6 Å². The van der Waals surface area contributed by atoms with Gasteiger partial charge in [-0.05, 0) is 43.3 Å². The molecule has 5 nitrogen and oxygen atoms in total. The minimum absolute atomic E-state index is 0.0148. The lowest BCUT2D eigenvalue weighted by Gasteiger charge is -2.09. The minimum Gasteiger partial charge on any atom is -0.461 e. The molecule has 126 valence electrons. The van der Waals surface area contributed by atoms with Crippen LogP contribution in [0.25, 0.3) is 10.9 Å². The first kappa shape index (κ1) is 16.8. The van der Waals surface area contributed by atoms with Gasteiger partial charge < -0.3 is 15.0 Å². The summed E-state index contributed by atoms with van der Waals surface area (Å²) in [6.07, 6.45) is 0. The number of carbonyl (C=O) groups excluding carboxylic acids is 1. The zero-order chi connectivity index (χ0) is 18.0. The van der Waals surface area contributed by atoms with Gasteiger partial charge in [0.2, 0.25) is 0 Å². The molecule has 25 heavy (non-hydrogen) atoms. The second-order valence-electron chi connectivity index (χ2n) is 5.25. The van der Waals surface area contributed by atoms with Gasteiger partial charge in [-0.15, -0.1) is 0 Å². The van der Waals surface area contributed by atoms with Gasteiger partial charge in [0.15, 0.2) is 0 Å². The Balaban J connectivity index is 2.07. The third-order valence-corrected chi connectivity index (χ3v) is 3.85. The number of hydrogen-bond acceptors (Lipinski definition) is 4.